The maximum absolute atomic E-state index is 12.5. The molecule has 1 aromatic heterocycles. The Kier molecular flexibility index (Phi) is 6.48. The molecule has 152 valence electrons. The minimum Gasteiger partial charge on any atom is -0.444 e. The Morgan fingerprint density at radius 1 is 1.18 bits per heavy atom. The molecule has 1 heterocycles. The van der Waals surface area contributed by atoms with E-state index in [0.29, 0.717) is 24.0 Å². The summed E-state index contributed by atoms with van der Waals surface area (Å²) in [7, 11) is 0. The van der Waals surface area contributed by atoms with Crippen LogP contribution < -0.4 is 15.7 Å². The monoisotopic (exact) mass is 389 g/mol. The van der Waals surface area contributed by atoms with E-state index in [1.807, 2.05) is 13.8 Å². The predicted molar refractivity (Wildman–Crippen MR) is 106 cm³/mol. The van der Waals surface area contributed by atoms with Gasteiger partial charge in [0.15, 0.2) is 0 Å². The van der Waals surface area contributed by atoms with Crippen molar-refractivity contribution in [1.29, 1.82) is 0 Å². The van der Waals surface area contributed by atoms with E-state index < -0.39 is 29.3 Å². The van der Waals surface area contributed by atoms with Crippen LogP contribution in [0.1, 0.15) is 51.7 Å². The summed E-state index contributed by atoms with van der Waals surface area (Å²) in [5.41, 5.74) is 0.604. The zero-order valence-corrected chi connectivity index (χ0v) is 17.2. The second-order valence-corrected chi connectivity index (χ2v) is 7.71. The number of hydrogen-bond donors (Lipinski definition) is 1. The highest BCUT2D eigenvalue weighted by Gasteiger charge is 2.25. The molecular formula is C21H27NO6. The molecule has 0 fully saturated rings. The average Bonchev–Trinajstić information content (AvgIpc) is 2.57. The van der Waals surface area contributed by atoms with Gasteiger partial charge in [0.2, 0.25) is 0 Å². The summed E-state index contributed by atoms with van der Waals surface area (Å²) in [6.45, 7) is 10.7. The van der Waals surface area contributed by atoms with Gasteiger partial charge >= 0.3 is 17.7 Å². The van der Waals surface area contributed by atoms with Crippen LogP contribution in [0.25, 0.3) is 11.0 Å². The van der Waals surface area contributed by atoms with E-state index in [1.165, 1.54) is 6.07 Å². The maximum atomic E-state index is 12.5. The first-order chi connectivity index (χ1) is 13.0. The molecule has 0 unspecified atom stereocenters. The van der Waals surface area contributed by atoms with Crippen molar-refractivity contribution in [3.8, 4) is 5.75 Å². The van der Waals surface area contributed by atoms with Crippen molar-refractivity contribution in [3.63, 3.8) is 0 Å². The number of carbonyl (C=O) groups excluding carboxylic acids is 2. The molecule has 1 aromatic carbocycles. The molecule has 2 aromatic rings. The third-order valence-electron chi connectivity index (χ3n) is 4.20. The Hall–Kier alpha value is -2.83. The molecule has 0 saturated heterocycles. The first-order valence-electron chi connectivity index (χ1n) is 9.27. The molecule has 28 heavy (non-hydrogen) atoms. The standard InChI is InChI=1S/C21H27NO6/c1-7-8-16(22-20(25)28-21(4,5)6)19(24)26-14-9-10-15-12(2)13(3)18(23)27-17(15)11-14/h9-11,16H,7-8H2,1-6H3,(H,22,25)/t16-/m0/s1. The smallest absolute Gasteiger partial charge is 0.408 e. The maximum Gasteiger partial charge on any atom is 0.408 e. The lowest BCUT2D eigenvalue weighted by atomic mass is 10.1. The molecule has 0 aliphatic rings. The van der Waals surface area contributed by atoms with Crippen molar-refractivity contribution in [2.75, 3.05) is 0 Å². The first kappa shape index (κ1) is 21.5. The second kappa shape index (κ2) is 8.46. The number of hydrogen-bond acceptors (Lipinski definition) is 6. The molecule has 0 aliphatic carbocycles. The Labute approximate surface area is 164 Å². The average molecular weight is 389 g/mol. The molecule has 2 rings (SSSR count). The van der Waals surface area contributed by atoms with Crippen molar-refractivity contribution >= 4 is 23.0 Å². The SMILES string of the molecule is CCC[C@H](NC(=O)OC(C)(C)C)C(=O)Oc1ccc2c(C)c(C)c(=O)oc2c1. The molecular weight excluding hydrogens is 362 g/mol. The van der Waals surface area contributed by atoms with Crippen molar-refractivity contribution in [2.45, 2.75) is 66.0 Å². The summed E-state index contributed by atoms with van der Waals surface area (Å²) >= 11 is 0. The molecule has 1 amide bonds. The van der Waals surface area contributed by atoms with Crippen LogP contribution in [0.4, 0.5) is 4.79 Å². The van der Waals surface area contributed by atoms with Gasteiger partial charge in [-0.05, 0) is 58.7 Å². The largest absolute Gasteiger partial charge is 0.444 e. The summed E-state index contributed by atoms with van der Waals surface area (Å²) in [5, 5.41) is 3.32. The van der Waals surface area contributed by atoms with Gasteiger partial charge in [0.1, 0.15) is 23.0 Å². The number of carbonyl (C=O) groups is 2. The molecule has 0 saturated carbocycles. The van der Waals surface area contributed by atoms with Gasteiger partial charge < -0.3 is 19.2 Å². The van der Waals surface area contributed by atoms with Gasteiger partial charge in [0, 0.05) is 17.0 Å². The fourth-order valence-electron chi connectivity index (χ4n) is 2.67. The van der Waals surface area contributed by atoms with E-state index in [1.54, 1.807) is 39.8 Å². The van der Waals surface area contributed by atoms with Crippen LogP contribution >= 0.6 is 0 Å². The molecule has 0 aliphatic heterocycles. The highest BCUT2D eigenvalue weighted by atomic mass is 16.6. The van der Waals surface area contributed by atoms with Crippen LogP contribution in [0.3, 0.4) is 0 Å². The molecule has 0 radical (unpaired) electrons. The van der Waals surface area contributed by atoms with E-state index >= 15 is 0 Å². The molecule has 1 N–H and O–H groups in total. The fraction of sp³-hybridized carbons (Fsp3) is 0.476. The fourth-order valence-corrected chi connectivity index (χ4v) is 2.67. The Morgan fingerprint density at radius 3 is 2.46 bits per heavy atom. The number of ether oxygens (including phenoxy) is 2. The summed E-state index contributed by atoms with van der Waals surface area (Å²) in [6, 6.07) is 4.02. The molecule has 1 atom stereocenters. The lowest BCUT2D eigenvalue weighted by Crippen LogP contribution is -2.45. The minimum absolute atomic E-state index is 0.232. The van der Waals surface area contributed by atoms with Crippen molar-refractivity contribution in [1.82, 2.24) is 5.32 Å². The zero-order valence-electron chi connectivity index (χ0n) is 17.2. The van der Waals surface area contributed by atoms with Crippen LogP contribution in [0.5, 0.6) is 5.75 Å². The lowest BCUT2D eigenvalue weighted by Gasteiger charge is -2.22. The van der Waals surface area contributed by atoms with Gasteiger partial charge in [0.05, 0.1) is 0 Å². The summed E-state index contributed by atoms with van der Waals surface area (Å²) in [4.78, 5) is 36.4. The summed E-state index contributed by atoms with van der Waals surface area (Å²) in [6.07, 6.45) is 0.387. The number of benzene rings is 1. The van der Waals surface area contributed by atoms with Gasteiger partial charge in [-0.1, -0.05) is 13.3 Å². The van der Waals surface area contributed by atoms with Crippen molar-refractivity contribution in [2.24, 2.45) is 0 Å². The normalized spacial score (nSPS) is 12.5. The highest BCUT2D eigenvalue weighted by molar-refractivity contribution is 5.85. The van der Waals surface area contributed by atoms with Gasteiger partial charge in [-0.3, -0.25) is 0 Å². The Morgan fingerprint density at radius 2 is 1.86 bits per heavy atom. The lowest BCUT2D eigenvalue weighted by molar-refractivity contribution is -0.137. The number of nitrogens with one attached hydrogen (secondary N) is 1. The number of fused-ring (bicyclic) bond motifs is 1. The number of esters is 1. The highest BCUT2D eigenvalue weighted by Crippen LogP contribution is 2.24. The van der Waals surface area contributed by atoms with Crippen molar-refractivity contribution < 1.29 is 23.5 Å². The summed E-state index contributed by atoms with van der Waals surface area (Å²) < 4.78 is 15.9. The molecule has 7 nitrogen and oxygen atoms in total. The quantitative estimate of drug-likeness (QED) is 0.472. The number of aryl methyl sites for hydroxylation is 1. The number of rotatable bonds is 5. The zero-order chi connectivity index (χ0) is 21.1. The van der Waals surface area contributed by atoms with Crippen LogP contribution in [-0.4, -0.2) is 23.7 Å². The Bertz CT molecular complexity index is 938. The van der Waals surface area contributed by atoms with Crippen LogP contribution in [0.2, 0.25) is 0 Å². The van der Waals surface area contributed by atoms with Gasteiger partial charge in [-0.25, -0.2) is 14.4 Å². The van der Waals surface area contributed by atoms with Crippen LogP contribution in [0, 0.1) is 13.8 Å². The van der Waals surface area contributed by atoms with E-state index in [9.17, 15) is 14.4 Å². The molecule has 7 heteroatoms. The molecule has 0 bridgehead atoms. The topological polar surface area (TPSA) is 94.8 Å². The Balaban J connectivity index is 2.19. The van der Waals surface area contributed by atoms with Crippen LogP contribution in [-0.2, 0) is 9.53 Å². The third-order valence-corrected chi connectivity index (χ3v) is 4.20. The first-order valence-corrected chi connectivity index (χ1v) is 9.27. The van der Waals surface area contributed by atoms with Gasteiger partial charge in [-0.2, -0.15) is 0 Å². The van der Waals surface area contributed by atoms with E-state index in [4.69, 9.17) is 13.9 Å². The second-order valence-electron chi connectivity index (χ2n) is 7.71. The number of alkyl carbamates (subject to hydrolysis) is 1. The van der Waals surface area contributed by atoms with E-state index in [2.05, 4.69) is 5.32 Å². The predicted octanol–water partition coefficient (Wildman–Crippen LogP) is 4.01. The van der Waals surface area contributed by atoms with Gasteiger partial charge in [-0.15, -0.1) is 0 Å². The van der Waals surface area contributed by atoms with E-state index in [-0.39, 0.29) is 5.75 Å². The number of amides is 1. The minimum atomic E-state index is -0.845. The van der Waals surface area contributed by atoms with E-state index in [0.717, 1.165) is 10.9 Å². The van der Waals surface area contributed by atoms with Crippen molar-refractivity contribution in [3.05, 3.63) is 39.7 Å². The third kappa shape index (κ3) is 5.34. The van der Waals surface area contributed by atoms with Gasteiger partial charge in [0.25, 0.3) is 0 Å². The molecule has 0 spiro atoms. The van der Waals surface area contributed by atoms with Crippen LogP contribution in [0.15, 0.2) is 27.4 Å². The summed E-state index contributed by atoms with van der Waals surface area (Å²) in [5.74, 6) is -0.380.